The quantitative estimate of drug-likeness (QED) is 0.311. The molecule has 14 heteroatoms. The molecule has 2 aromatic heterocycles. The van der Waals surface area contributed by atoms with E-state index in [9.17, 15) is 14.4 Å². The molecule has 2 amide bonds. The highest BCUT2D eigenvalue weighted by atomic mass is 32.2. The number of hydrogen-bond donors (Lipinski definition) is 1. The monoisotopic (exact) mass is 616 g/mol. The molecule has 1 saturated heterocycles. The van der Waals surface area contributed by atoms with Crippen LogP contribution >= 0.6 is 23.1 Å². The average Bonchev–Trinajstić information content (AvgIpc) is 3.64. The fourth-order valence-electron chi connectivity index (χ4n) is 4.32. The summed E-state index contributed by atoms with van der Waals surface area (Å²) < 4.78 is 13.9. The van der Waals surface area contributed by atoms with E-state index in [-0.39, 0.29) is 25.2 Å². The number of aliphatic carboxylic acids is 1. The van der Waals surface area contributed by atoms with Gasteiger partial charge in [-0.2, -0.15) is 0 Å². The van der Waals surface area contributed by atoms with Crippen molar-refractivity contribution in [3.05, 3.63) is 53.1 Å². The lowest BCUT2D eigenvalue weighted by atomic mass is 10.1. The van der Waals surface area contributed by atoms with Crippen molar-refractivity contribution in [3.8, 4) is 5.69 Å². The number of imidazole rings is 1. The highest BCUT2D eigenvalue weighted by Crippen LogP contribution is 2.29. The standard InChI is InChI=1S/C28H36N6O6S2/c1-19-15-21(34-12-9-29-18-34)6-5-20(19)17-41-26-31-30-24(42-26)25(37)32-10-7-22(8-11-32)39-14-13-33(16-23(35)36)27(38)40-28(2,3)4/h5-6,9,12,15,18,22H,7-8,10-11,13-14,16-17H2,1-4H3,(H,35,36). The molecule has 1 aliphatic rings. The normalized spacial score (nSPS) is 14.1. The zero-order valence-corrected chi connectivity index (χ0v) is 25.8. The minimum absolute atomic E-state index is 0.0942. The first-order valence-electron chi connectivity index (χ1n) is 13.6. The van der Waals surface area contributed by atoms with Crippen LogP contribution in [0, 0.1) is 6.92 Å². The summed E-state index contributed by atoms with van der Waals surface area (Å²) in [6, 6.07) is 6.27. The molecule has 12 nitrogen and oxygen atoms in total. The van der Waals surface area contributed by atoms with Crippen LogP contribution in [0.15, 0.2) is 41.3 Å². The number of aryl methyl sites for hydroxylation is 1. The molecule has 0 bridgehead atoms. The zero-order chi connectivity index (χ0) is 30.3. The van der Waals surface area contributed by atoms with Crippen molar-refractivity contribution in [2.75, 3.05) is 32.8 Å². The molecule has 3 aromatic rings. The summed E-state index contributed by atoms with van der Waals surface area (Å²) in [6.45, 7) is 8.08. The number of carbonyl (C=O) groups is 3. The van der Waals surface area contributed by atoms with Crippen LogP contribution in [0.4, 0.5) is 4.79 Å². The SMILES string of the molecule is Cc1cc(-n2ccnc2)ccc1CSc1nnc(C(=O)N2CCC(OCCN(CC(=O)O)C(=O)OC(C)(C)C)CC2)s1. The van der Waals surface area contributed by atoms with Crippen molar-refractivity contribution in [1.29, 1.82) is 0 Å². The largest absolute Gasteiger partial charge is 0.480 e. The topological polar surface area (TPSA) is 140 Å². The second-order valence-electron chi connectivity index (χ2n) is 10.9. The van der Waals surface area contributed by atoms with Crippen LogP contribution in [-0.2, 0) is 20.0 Å². The van der Waals surface area contributed by atoms with E-state index in [0.717, 1.165) is 20.7 Å². The second kappa shape index (κ2) is 14.1. The molecule has 0 radical (unpaired) electrons. The number of amides is 2. The minimum Gasteiger partial charge on any atom is -0.480 e. The predicted molar refractivity (Wildman–Crippen MR) is 158 cm³/mol. The molecule has 0 spiro atoms. The Hall–Kier alpha value is -3.49. The van der Waals surface area contributed by atoms with E-state index in [4.69, 9.17) is 14.6 Å². The van der Waals surface area contributed by atoms with Crippen molar-refractivity contribution >= 4 is 41.1 Å². The highest BCUT2D eigenvalue weighted by Gasteiger charge is 2.28. The van der Waals surface area contributed by atoms with Crippen LogP contribution in [0.3, 0.4) is 0 Å². The van der Waals surface area contributed by atoms with Crippen molar-refractivity contribution < 1.29 is 29.0 Å². The second-order valence-corrected chi connectivity index (χ2v) is 13.1. The molecule has 3 heterocycles. The first-order valence-corrected chi connectivity index (χ1v) is 15.4. The molecule has 0 atom stereocenters. The van der Waals surface area contributed by atoms with E-state index >= 15 is 0 Å². The van der Waals surface area contributed by atoms with Crippen LogP contribution in [0.25, 0.3) is 5.69 Å². The summed E-state index contributed by atoms with van der Waals surface area (Å²) in [5.41, 5.74) is 2.68. The number of carbonyl (C=O) groups excluding carboxylic acids is 2. The van der Waals surface area contributed by atoms with Gasteiger partial charge in [0.25, 0.3) is 5.91 Å². The summed E-state index contributed by atoms with van der Waals surface area (Å²) in [5, 5.41) is 17.9. The number of hydrogen-bond acceptors (Lipinski definition) is 10. The molecule has 4 rings (SSSR count). The van der Waals surface area contributed by atoms with Crippen LogP contribution in [0.2, 0.25) is 0 Å². The van der Waals surface area contributed by atoms with E-state index in [1.54, 1.807) is 50.0 Å². The van der Waals surface area contributed by atoms with E-state index < -0.39 is 24.2 Å². The third-order valence-electron chi connectivity index (χ3n) is 6.49. The fraction of sp³-hybridized carbons (Fsp3) is 0.500. The lowest BCUT2D eigenvalue weighted by Crippen LogP contribution is -2.43. The smallest absolute Gasteiger partial charge is 0.410 e. The maximum atomic E-state index is 13.1. The molecule has 0 saturated carbocycles. The number of rotatable bonds is 11. The van der Waals surface area contributed by atoms with Gasteiger partial charge in [-0.3, -0.25) is 14.5 Å². The lowest BCUT2D eigenvalue weighted by Gasteiger charge is -2.32. The number of carboxylic acid groups (broad SMARTS) is 1. The first-order chi connectivity index (χ1) is 20.0. The minimum atomic E-state index is -1.12. The van der Waals surface area contributed by atoms with E-state index in [0.29, 0.717) is 30.9 Å². The van der Waals surface area contributed by atoms with Gasteiger partial charge in [0.05, 0.1) is 19.0 Å². The van der Waals surface area contributed by atoms with Gasteiger partial charge >= 0.3 is 12.1 Å². The fourth-order valence-corrected chi connectivity index (χ4v) is 6.22. The number of thioether (sulfide) groups is 1. The summed E-state index contributed by atoms with van der Waals surface area (Å²) >= 11 is 2.86. The van der Waals surface area contributed by atoms with Gasteiger partial charge in [0, 0.05) is 43.5 Å². The summed E-state index contributed by atoms with van der Waals surface area (Å²) in [7, 11) is 0. The van der Waals surface area contributed by atoms with Gasteiger partial charge in [-0.05, 0) is 63.8 Å². The zero-order valence-electron chi connectivity index (χ0n) is 24.2. The van der Waals surface area contributed by atoms with Gasteiger partial charge in [0.15, 0.2) is 4.34 Å². The van der Waals surface area contributed by atoms with Crippen LogP contribution in [-0.4, -0.2) is 97.1 Å². The third-order valence-corrected chi connectivity index (χ3v) is 8.58. The molecule has 226 valence electrons. The number of aromatic nitrogens is 4. The molecule has 0 unspecified atom stereocenters. The predicted octanol–water partition coefficient (Wildman–Crippen LogP) is 4.27. The number of benzene rings is 1. The highest BCUT2D eigenvalue weighted by molar-refractivity contribution is 8.00. The molecule has 0 aliphatic carbocycles. The van der Waals surface area contributed by atoms with Gasteiger partial charge in [0.1, 0.15) is 12.1 Å². The van der Waals surface area contributed by atoms with Gasteiger partial charge < -0.3 is 24.0 Å². The van der Waals surface area contributed by atoms with Gasteiger partial charge in [-0.25, -0.2) is 9.78 Å². The van der Waals surface area contributed by atoms with E-state index in [2.05, 4.69) is 40.3 Å². The molecular formula is C28H36N6O6S2. The summed E-state index contributed by atoms with van der Waals surface area (Å²) in [6.07, 6.45) is 5.90. The Balaban J connectivity index is 1.21. The maximum Gasteiger partial charge on any atom is 0.410 e. The summed E-state index contributed by atoms with van der Waals surface area (Å²) in [5.74, 6) is -0.545. The third kappa shape index (κ3) is 9.00. The Labute approximate surface area is 253 Å². The Morgan fingerprint density at radius 1 is 1.19 bits per heavy atom. The Morgan fingerprint density at radius 2 is 1.95 bits per heavy atom. The van der Waals surface area contributed by atoms with Crippen molar-refractivity contribution in [1.82, 2.24) is 29.5 Å². The van der Waals surface area contributed by atoms with Crippen molar-refractivity contribution in [3.63, 3.8) is 0 Å². The lowest BCUT2D eigenvalue weighted by molar-refractivity contribution is -0.138. The number of piperidine rings is 1. The molecule has 1 aliphatic heterocycles. The first kappa shape index (κ1) is 31.4. The molecule has 1 N–H and O–H groups in total. The summed E-state index contributed by atoms with van der Waals surface area (Å²) in [4.78, 5) is 43.6. The average molecular weight is 617 g/mol. The number of nitrogens with zero attached hydrogens (tertiary/aromatic N) is 6. The Kier molecular flexibility index (Phi) is 10.6. The number of likely N-dealkylation sites (tertiary alicyclic amines) is 1. The van der Waals surface area contributed by atoms with Crippen LogP contribution < -0.4 is 0 Å². The van der Waals surface area contributed by atoms with E-state index in [1.165, 1.54) is 22.5 Å². The van der Waals surface area contributed by atoms with Crippen LogP contribution in [0.1, 0.15) is 54.5 Å². The Bertz CT molecular complexity index is 1370. The van der Waals surface area contributed by atoms with Crippen LogP contribution in [0.5, 0.6) is 0 Å². The van der Waals surface area contributed by atoms with Crippen molar-refractivity contribution in [2.45, 2.75) is 62.3 Å². The number of carboxylic acids is 1. The van der Waals surface area contributed by atoms with Gasteiger partial charge in [0.2, 0.25) is 5.01 Å². The van der Waals surface area contributed by atoms with Crippen molar-refractivity contribution in [2.24, 2.45) is 0 Å². The van der Waals surface area contributed by atoms with Gasteiger partial charge in [-0.1, -0.05) is 29.2 Å². The molecule has 1 fully saturated rings. The molecule has 42 heavy (non-hydrogen) atoms. The Morgan fingerprint density at radius 3 is 2.60 bits per heavy atom. The molecular weight excluding hydrogens is 580 g/mol. The molecule has 1 aromatic carbocycles. The van der Waals surface area contributed by atoms with Gasteiger partial charge in [-0.15, -0.1) is 10.2 Å². The number of ether oxygens (including phenoxy) is 2. The van der Waals surface area contributed by atoms with E-state index in [1.807, 2.05) is 10.8 Å². The maximum absolute atomic E-state index is 13.1.